The van der Waals surface area contributed by atoms with Gasteiger partial charge >= 0.3 is 12.2 Å². The van der Waals surface area contributed by atoms with Crippen molar-refractivity contribution in [1.29, 1.82) is 0 Å². The third-order valence-electron chi connectivity index (χ3n) is 12.3. The second-order valence-corrected chi connectivity index (χ2v) is 16.5. The summed E-state index contributed by atoms with van der Waals surface area (Å²) in [7, 11) is 2.55. The van der Waals surface area contributed by atoms with Crippen LogP contribution < -0.4 is 10.6 Å². The zero-order valence-corrected chi connectivity index (χ0v) is 35.3. The summed E-state index contributed by atoms with van der Waals surface area (Å²) in [6.45, 7) is 5.89. The quantitative estimate of drug-likeness (QED) is 0.111. The van der Waals surface area contributed by atoms with Gasteiger partial charge in [-0.15, -0.1) is 0 Å². The number of halogens is 1. The topological polar surface area (TPSA) is 197 Å². The molecule has 3 fully saturated rings. The largest absolute Gasteiger partial charge is 0.453 e. The SMILES string of the molecule is COC(=O)NC(C(=O)N1CCCC1c1ncc(-c2ccc(-c3ccc4cc(-c5cnc(C6CCCN6C(=O)C(NC(=O)OC)C6CCOCC6)[nH]5)cnc4c3)c(F)c2)[nH]1)C(C)C. The molecule has 3 saturated heterocycles. The smallest absolute Gasteiger partial charge is 0.407 e. The number of likely N-dealkylation sites (tertiary alicyclic amines) is 2. The number of nitrogens with zero attached hydrogens (tertiary/aromatic N) is 5. The lowest BCUT2D eigenvalue weighted by Gasteiger charge is -2.34. The highest BCUT2D eigenvalue weighted by molar-refractivity contribution is 5.89. The summed E-state index contributed by atoms with van der Waals surface area (Å²) in [5, 5.41) is 6.31. The van der Waals surface area contributed by atoms with Crippen molar-refractivity contribution >= 4 is 34.9 Å². The molecule has 4 amide bonds. The summed E-state index contributed by atoms with van der Waals surface area (Å²) in [6.07, 6.45) is 8.20. The van der Waals surface area contributed by atoms with E-state index in [1.807, 2.05) is 49.1 Å². The zero-order chi connectivity index (χ0) is 43.5. The predicted molar refractivity (Wildman–Crippen MR) is 227 cm³/mol. The van der Waals surface area contributed by atoms with Gasteiger partial charge in [-0.2, -0.15) is 0 Å². The lowest BCUT2D eigenvalue weighted by atomic mass is 9.90. The van der Waals surface area contributed by atoms with Gasteiger partial charge < -0.3 is 44.6 Å². The molecule has 3 aromatic heterocycles. The molecular formula is C45H52FN9O7. The van der Waals surface area contributed by atoms with Gasteiger partial charge in [0.1, 0.15) is 29.5 Å². The molecule has 0 saturated carbocycles. The number of carbonyl (C=O) groups excluding carboxylic acids is 4. The van der Waals surface area contributed by atoms with Gasteiger partial charge in [0.2, 0.25) is 11.8 Å². The molecule has 17 heteroatoms. The molecule has 3 aliphatic heterocycles. The van der Waals surface area contributed by atoms with Crippen molar-refractivity contribution < 1.29 is 37.8 Å². The molecule has 4 unspecified atom stereocenters. The Balaban J connectivity index is 0.954. The summed E-state index contributed by atoms with van der Waals surface area (Å²) in [4.78, 5) is 76.1. The van der Waals surface area contributed by atoms with E-state index in [-0.39, 0.29) is 35.7 Å². The average Bonchev–Trinajstić information content (AvgIpc) is 4.14. The van der Waals surface area contributed by atoms with Crippen LogP contribution >= 0.6 is 0 Å². The number of rotatable bonds is 11. The van der Waals surface area contributed by atoms with Crippen molar-refractivity contribution in [2.24, 2.45) is 11.8 Å². The Kier molecular flexibility index (Phi) is 12.5. The van der Waals surface area contributed by atoms with Gasteiger partial charge in [-0.05, 0) is 74.1 Å². The third kappa shape index (κ3) is 8.71. The first-order valence-electron chi connectivity index (χ1n) is 21.2. The fourth-order valence-corrected chi connectivity index (χ4v) is 8.96. The number of pyridine rings is 1. The molecule has 0 radical (unpaired) electrons. The van der Waals surface area contributed by atoms with Crippen LogP contribution in [0.2, 0.25) is 0 Å². The van der Waals surface area contributed by atoms with Crippen molar-refractivity contribution in [3.8, 4) is 33.6 Å². The molecule has 62 heavy (non-hydrogen) atoms. The summed E-state index contributed by atoms with van der Waals surface area (Å²) < 4.78 is 31.0. The minimum atomic E-state index is -0.745. The summed E-state index contributed by atoms with van der Waals surface area (Å²) in [5.74, 6) is 0.286. The Bertz CT molecular complexity index is 2450. The number of hydrogen-bond donors (Lipinski definition) is 4. The van der Waals surface area contributed by atoms with Gasteiger partial charge in [0.25, 0.3) is 0 Å². The van der Waals surface area contributed by atoms with Crippen molar-refractivity contribution in [2.75, 3.05) is 40.5 Å². The fourth-order valence-electron chi connectivity index (χ4n) is 8.96. The molecule has 0 bridgehead atoms. The van der Waals surface area contributed by atoms with Crippen LogP contribution in [0.1, 0.15) is 76.1 Å². The van der Waals surface area contributed by atoms with Crippen LogP contribution in [0.25, 0.3) is 44.5 Å². The monoisotopic (exact) mass is 849 g/mol. The Morgan fingerprint density at radius 2 is 1.35 bits per heavy atom. The van der Waals surface area contributed by atoms with E-state index < -0.39 is 30.1 Å². The summed E-state index contributed by atoms with van der Waals surface area (Å²) in [5.41, 5.74) is 4.56. The first-order chi connectivity index (χ1) is 30.0. The van der Waals surface area contributed by atoms with E-state index in [9.17, 15) is 19.2 Å². The lowest BCUT2D eigenvalue weighted by molar-refractivity contribution is -0.137. The molecule has 0 spiro atoms. The van der Waals surface area contributed by atoms with Crippen LogP contribution in [-0.2, 0) is 23.8 Å². The molecule has 16 nitrogen and oxygen atoms in total. The average molecular weight is 850 g/mol. The zero-order valence-electron chi connectivity index (χ0n) is 35.3. The van der Waals surface area contributed by atoms with Gasteiger partial charge in [0.05, 0.1) is 55.6 Å². The molecule has 5 aromatic rings. The highest BCUT2D eigenvalue weighted by Gasteiger charge is 2.41. The normalized spacial score (nSPS) is 19.1. The van der Waals surface area contributed by atoms with Crippen LogP contribution in [0.4, 0.5) is 14.0 Å². The second kappa shape index (κ2) is 18.3. The molecule has 8 rings (SSSR count). The van der Waals surface area contributed by atoms with Gasteiger partial charge in [-0.25, -0.2) is 23.9 Å². The molecule has 4 N–H and O–H groups in total. The van der Waals surface area contributed by atoms with Crippen molar-refractivity contribution in [2.45, 2.75) is 76.5 Å². The van der Waals surface area contributed by atoms with Gasteiger partial charge in [0, 0.05) is 54.6 Å². The van der Waals surface area contributed by atoms with E-state index in [1.54, 1.807) is 29.6 Å². The number of amides is 4. The minimum Gasteiger partial charge on any atom is -0.453 e. The van der Waals surface area contributed by atoms with E-state index in [2.05, 4.69) is 25.6 Å². The standard InChI is InChI=1S/C45H52FN9O7/c1-25(2)38(52-44(58)60-3)42(56)54-15-5-7-36(54)40-48-23-34(50-40)29-11-12-31(32(46)20-29)27-9-10-28-19-30(22-47-33(28)21-27)35-24-49-41(51-35)37-8-6-16-55(37)43(57)39(53-45(59)61-4)26-13-17-62-18-14-26/h9-12,19-26,36-39H,5-8,13-18H2,1-4H3,(H,48,50)(H,49,51)(H,52,58)(H,53,59). The highest BCUT2D eigenvalue weighted by atomic mass is 19.1. The Labute approximate surface area is 358 Å². The third-order valence-corrected chi connectivity index (χ3v) is 12.3. The fraction of sp³-hybridized carbons (Fsp3) is 0.444. The van der Waals surface area contributed by atoms with Crippen LogP contribution in [0, 0.1) is 17.7 Å². The first kappa shape index (κ1) is 42.3. The van der Waals surface area contributed by atoms with E-state index in [4.69, 9.17) is 24.2 Å². The molecule has 0 aliphatic carbocycles. The number of alkyl carbamates (subject to hydrolysis) is 2. The molecule has 326 valence electrons. The van der Waals surface area contributed by atoms with E-state index in [0.29, 0.717) is 85.1 Å². The maximum absolute atomic E-state index is 15.9. The molecule has 3 aliphatic rings. The van der Waals surface area contributed by atoms with Crippen LogP contribution in [0.15, 0.2) is 61.1 Å². The Morgan fingerprint density at radius 3 is 1.98 bits per heavy atom. The second-order valence-electron chi connectivity index (χ2n) is 16.5. The number of nitrogens with one attached hydrogen (secondary N) is 4. The number of H-pyrrole nitrogens is 2. The van der Waals surface area contributed by atoms with Crippen LogP contribution in [0.3, 0.4) is 0 Å². The minimum absolute atomic E-state index is 0.0575. The van der Waals surface area contributed by atoms with Gasteiger partial charge in [-0.3, -0.25) is 14.6 Å². The molecule has 6 heterocycles. The predicted octanol–water partition coefficient (Wildman–Crippen LogP) is 6.68. The van der Waals surface area contributed by atoms with Crippen molar-refractivity contribution in [1.82, 2.24) is 45.4 Å². The van der Waals surface area contributed by atoms with Crippen molar-refractivity contribution in [3.05, 3.63) is 78.5 Å². The lowest BCUT2D eigenvalue weighted by Crippen LogP contribution is -2.53. The maximum Gasteiger partial charge on any atom is 0.407 e. The number of aromatic nitrogens is 5. The number of aromatic amines is 2. The Morgan fingerprint density at radius 1 is 0.742 bits per heavy atom. The first-order valence-corrected chi connectivity index (χ1v) is 21.2. The molecular weight excluding hydrogens is 798 g/mol. The summed E-state index contributed by atoms with van der Waals surface area (Å²) >= 11 is 0. The van der Waals surface area contributed by atoms with E-state index in [0.717, 1.165) is 35.9 Å². The number of hydrogen-bond acceptors (Lipinski definition) is 10. The van der Waals surface area contributed by atoms with E-state index in [1.165, 1.54) is 20.3 Å². The van der Waals surface area contributed by atoms with Crippen molar-refractivity contribution in [3.63, 3.8) is 0 Å². The van der Waals surface area contributed by atoms with E-state index >= 15 is 4.39 Å². The number of ether oxygens (including phenoxy) is 3. The van der Waals surface area contributed by atoms with Crippen LogP contribution in [-0.4, -0.2) is 111 Å². The number of carbonyl (C=O) groups is 4. The number of benzene rings is 2. The Hall–Kier alpha value is -6.36. The van der Waals surface area contributed by atoms with Crippen LogP contribution in [0.5, 0.6) is 0 Å². The van der Waals surface area contributed by atoms with Gasteiger partial charge in [-0.1, -0.05) is 38.1 Å². The number of imidazole rings is 2. The molecule has 4 atom stereocenters. The highest BCUT2D eigenvalue weighted by Crippen LogP contribution is 2.36. The maximum atomic E-state index is 15.9. The number of methoxy groups -OCH3 is 2. The summed E-state index contributed by atoms with van der Waals surface area (Å²) in [6, 6.07) is 10.6. The van der Waals surface area contributed by atoms with Gasteiger partial charge in [0.15, 0.2) is 0 Å². The number of fused-ring (bicyclic) bond motifs is 1. The molecule has 2 aromatic carbocycles.